The van der Waals surface area contributed by atoms with Crippen LogP contribution in [0.4, 0.5) is 10.5 Å². The number of aliphatic carboxylic acids is 1. The minimum absolute atomic E-state index is 0.0131. The fourth-order valence-electron chi connectivity index (χ4n) is 3.97. The van der Waals surface area contributed by atoms with E-state index >= 15 is 0 Å². The Labute approximate surface area is 183 Å². The molecule has 4 rings (SSSR count). The Morgan fingerprint density at radius 1 is 1.00 bits per heavy atom. The Morgan fingerprint density at radius 3 is 2.47 bits per heavy atom. The Morgan fingerprint density at radius 2 is 1.69 bits per heavy atom. The summed E-state index contributed by atoms with van der Waals surface area (Å²) in [5, 5.41) is 23.0. The molecule has 0 radical (unpaired) electrons. The molecular formula is C24H20N2O6. The van der Waals surface area contributed by atoms with Crippen molar-refractivity contribution in [2.75, 3.05) is 0 Å². The summed E-state index contributed by atoms with van der Waals surface area (Å²) in [4.78, 5) is 34.6. The van der Waals surface area contributed by atoms with Gasteiger partial charge in [0.25, 0.3) is 5.69 Å². The van der Waals surface area contributed by atoms with Gasteiger partial charge >= 0.3 is 12.1 Å². The number of carboxylic acids is 1. The quantitative estimate of drug-likeness (QED) is 0.335. The number of alkyl carbamates (subject to hydrolysis) is 1. The van der Waals surface area contributed by atoms with Crippen molar-refractivity contribution >= 4 is 17.7 Å². The van der Waals surface area contributed by atoms with Gasteiger partial charge in [0.05, 0.1) is 4.92 Å². The van der Waals surface area contributed by atoms with Crippen molar-refractivity contribution in [1.82, 2.24) is 5.32 Å². The van der Waals surface area contributed by atoms with Gasteiger partial charge < -0.3 is 15.2 Å². The predicted octanol–water partition coefficient (Wildman–Crippen LogP) is 4.09. The molecule has 0 unspecified atom stereocenters. The van der Waals surface area contributed by atoms with Crippen LogP contribution >= 0.6 is 0 Å². The first-order chi connectivity index (χ1) is 15.4. The van der Waals surface area contributed by atoms with Gasteiger partial charge in [-0.3, -0.25) is 10.1 Å². The summed E-state index contributed by atoms with van der Waals surface area (Å²) in [6.45, 7) is -0.0131. The number of hydrogen-bond donors (Lipinski definition) is 2. The summed E-state index contributed by atoms with van der Waals surface area (Å²) < 4.78 is 5.30. The summed E-state index contributed by atoms with van der Waals surface area (Å²) in [6, 6.07) is 18.3. The highest BCUT2D eigenvalue weighted by atomic mass is 16.6. The van der Waals surface area contributed by atoms with Gasteiger partial charge in [-0.25, -0.2) is 9.59 Å². The van der Waals surface area contributed by atoms with Gasteiger partial charge in [0, 0.05) is 18.1 Å². The number of nitrogens with one attached hydrogen (secondary N) is 1. The second kappa shape index (κ2) is 8.89. The lowest BCUT2D eigenvalue weighted by molar-refractivity contribution is -0.385. The van der Waals surface area contributed by atoms with Crippen LogP contribution in [0.2, 0.25) is 0 Å². The molecule has 0 bridgehead atoms. The minimum atomic E-state index is -1.37. The van der Waals surface area contributed by atoms with E-state index in [1.165, 1.54) is 23.8 Å². The number of ether oxygens (including phenoxy) is 1. The topological polar surface area (TPSA) is 119 Å². The maximum atomic E-state index is 12.3. The van der Waals surface area contributed by atoms with Gasteiger partial charge in [-0.05, 0) is 34.2 Å². The van der Waals surface area contributed by atoms with Gasteiger partial charge in [0.15, 0.2) is 0 Å². The van der Waals surface area contributed by atoms with Crippen molar-refractivity contribution in [2.24, 2.45) is 0 Å². The molecule has 0 aliphatic heterocycles. The first-order valence-corrected chi connectivity index (χ1v) is 10.0. The largest absolute Gasteiger partial charge is 0.480 e. The molecule has 0 spiro atoms. The number of fused-ring (bicyclic) bond motifs is 3. The number of rotatable bonds is 7. The first kappa shape index (κ1) is 21.0. The van der Waals surface area contributed by atoms with Crippen molar-refractivity contribution < 1.29 is 24.4 Å². The Balaban J connectivity index is 1.43. The van der Waals surface area contributed by atoms with Gasteiger partial charge in [-0.1, -0.05) is 60.7 Å². The van der Waals surface area contributed by atoms with Crippen LogP contribution in [0.25, 0.3) is 11.1 Å². The molecule has 8 heteroatoms. The number of para-hydroxylation sites is 1. The van der Waals surface area contributed by atoms with Crippen molar-refractivity contribution in [3.8, 4) is 11.1 Å². The van der Waals surface area contributed by atoms with Crippen LogP contribution in [0, 0.1) is 10.1 Å². The van der Waals surface area contributed by atoms with E-state index in [0.717, 1.165) is 28.7 Å². The molecule has 0 aromatic heterocycles. The smallest absolute Gasteiger partial charge is 0.408 e. The normalized spacial score (nSPS) is 12.4. The van der Waals surface area contributed by atoms with Crippen molar-refractivity contribution in [3.63, 3.8) is 0 Å². The molecule has 0 fully saturated rings. The summed E-state index contributed by atoms with van der Waals surface area (Å²) >= 11 is 0. The monoisotopic (exact) mass is 432 g/mol. The second-order valence-corrected chi connectivity index (χ2v) is 7.48. The van der Waals surface area contributed by atoms with Crippen LogP contribution in [0.15, 0.2) is 66.7 Å². The Hall–Kier alpha value is -4.20. The lowest BCUT2D eigenvalue weighted by atomic mass is 10.0. The summed E-state index contributed by atoms with van der Waals surface area (Å²) in [5.41, 5.74) is 5.40. The van der Waals surface area contributed by atoms with Crippen molar-refractivity contribution in [1.29, 1.82) is 0 Å². The number of hydrogen-bond acceptors (Lipinski definition) is 5. The van der Waals surface area contributed by atoms with Gasteiger partial charge in [0.1, 0.15) is 12.6 Å². The number of carbonyl (C=O) groups excluding carboxylic acids is 1. The Kier molecular flexibility index (Phi) is 5.85. The lowest BCUT2D eigenvalue weighted by Crippen LogP contribution is -2.42. The van der Waals surface area contributed by atoms with Crippen LogP contribution in [-0.2, 0) is 29.0 Å². The third-order valence-electron chi connectivity index (χ3n) is 5.51. The van der Waals surface area contributed by atoms with Gasteiger partial charge in [0.2, 0.25) is 0 Å². The molecule has 3 aromatic rings. The second-order valence-electron chi connectivity index (χ2n) is 7.48. The van der Waals surface area contributed by atoms with Crippen molar-refractivity contribution in [2.45, 2.75) is 25.5 Å². The van der Waals surface area contributed by atoms with E-state index in [2.05, 4.69) is 17.4 Å². The number of benzene rings is 3. The molecule has 2 N–H and O–H groups in total. The van der Waals surface area contributed by atoms with E-state index in [-0.39, 0.29) is 24.3 Å². The zero-order valence-electron chi connectivity index (χ0n) is 17.0. The van der Waals surface area contributed by atoms with Crippen molar-refractivity contribution in [3.05, 3.63) is 99.1 Å². The van der Waals surface area contributed by atoms with E-state index in [4.69, 9.17) is 4.74 Å². The number of nitro groups is 1. The standard InChI is InChI=1S/C24H20N2O6/c27-23(28)21(13-16-7-2-4-11-22(16)26(30)31)25-24(29)32-14-17-8-5-10-19-18-9-3-1-6-15(18)12-20(17)19/h1-11,21H,12-14H2,(H,25,29)(H,27,28)/t21-/m0/s1. The highest BCUT2D eigenvalue weighted by molar-refractivity contribution is 5.81. The van der Waals surface area contributed by atoms with Crippen LogP contribution < -0.4 is 5.32 Å². The molecule has 0 saturated carbocycles. The van der Waals surface area contributed by atoms with Crippen LogP contribution in [0.5, 0.6) is 0 Å². The zero-order chi connectivity index (χ0) is 22.7. The van der Waals surface area contributed by atoms with E-state index in [9.17, 15) is 24.8 Å². The molecule has 162 valence electrons. The molecule has 8 nitrogen and oxygen atoms in total. The number of nitro benzene ring substituents is 1. The van der Waals surface area contributed by atoms with E-state index in [1.54, 1.807) is 6.07 Å². The fraction of sp³-hybridized carbons (Fsp3) is 0.167. The number of carboxylic acid groups (broad SMARTS) is 1. The van der Waals surface area contributed by atoms with Gasteiger partial charge in [-0.15, -0.1) is 0 Å². The maximum absolute atomic E-state index is 12.3. The molecule has 32 heavy (non-hydrogen) atoms. The van der Waals surface area contributed by atoms with Crippen LogP contribution in [0.3, 0.4) is 0 Å². The Bertz CT molecular complexity index is 1210. The molecule has 1 aliphatic carbocycles. The molecule has 0 saturated heterocycles. The van der Waals surface area contributed by atoms with E-state index in [0.29, 0.717) is 0 Å². The summed E-state index contributed by atoms with van der Waals surface area (Å²) in [7, 11) is 0. The third kappa shape index (κ3) is 4.29. The maximum Gasteiger partial charge on any atom is 0.408 e. The third-order valence-corrected chi connectivity index (χ3v) is 5.51. The first-order valence-electron chi connectivity index (χ1n) is 10.0. The molecule has 0 heterocycles. The molecule has 1 aliphatic rings. The molecule has 3 aromatic carbocycles. The van der Waals surface area contributed by atoms with Gasteiger partial charge in [-0.2, -0.15) is 0 Å². The number of nitrogens with zero attached hydrogens (tertiary/aromatic N) is 1. The fourth-order valence-corrected chi connectivity index (χ4v) is 3.97. The summed E-state index contributed by atoms with van der Waals surface area (Å²) in [5.74, 6) is -1.31. The highest BCUT2D eigenvalue weighted by Gasteiger charge is 2.26. The number of carbonyl (C=O) groups is 2. The summed E-state index contributed by atoms with van der Waals surface area (Å²) in [6.07, 6.45) is -0.399. The minimum Gasteiger partial charge on any atom is -0.480 e. The zero-order valence-corrected chi connectivity index (χ0v) is 17.0. The highest BCUT2D eigenvalue weighted by Crippen LogP contribution is 2.38. The molecular weight excluding hydrogens is 412 g/mol. The molecule has 1 amide bonds. The average Bonchev–Trinajstić information content (AvgIpc) is 3.17. The average molecular weight is 432 g/mol. The van der Waals surface area contributed by atoms with E-state index < -0.39 is 23.0 Å². The lowest BCUT2D eigenvalue weighted by Gasteiger charge is -2.15. The van der Waals surface area contributed by atoms with Crippen LogP contribution in [0.1, 0.15) is 22.3 Å². The number of amides is 1. The van der Waals surface area contributed by atoms with Crippen LogP contribution in [-0.4, -0.2) is 28.1 Å². The van der Waals surface area contributed by atoms with E-state index in [1.807, 2.05) is 30.3 Å². The SMILES string of the molecule is O=C(N[C@@H](Cc1ccccc1[N+](=O)[O-])C(=O)O)OCc1cccc2c1Cc1ccccc1-2. The predicted molar refractivity (Wildman–Crippen MR) is 116 cm³/mol. The molecule has 1 atom stereocenters.